The van der Waals surface area contributed by atoms with Crippen molar-refractivity contribution in [2.24, 2.45) is 11.3 Å². The summed E-state index contributed by atoms with van der Waals surface area (Å²) >= 11 is 0. The lowest BCUT2D eigenvalue weighted by molar-refractivity contribution is -0.149. The van der Waals surface area contributed by atoms with Gasteiger partial charge in [-0.1, -0.05) is 0 Å². The Morgan fingerprint density at radius 3 is 2.88 bits per heavy atom. The fourth-order valence-electron chi connectivity index (χ4n) is 4.02. The molecule has 4 rings (SSSR count). The molecule has 1 aromatic carbocycles. The second-order valence-electron chi connectivity index (χ2n) is 6.98. The summed E-state index contributed by atoms with van der Waals surface area (Å²) in [5, 5.41) is 13.1. The van der Waals surface area contributed by atoms with E-state index in [0.717, 1.165) is 5.39 Å². The lowest BCUT2D eigenvalue weighted by atomic mass is 9.81. The molecule has 1 amide bonds. The largest absolute Gasteiger partial charge is 0.497 e. The number of ether oxygens (including phenoxy) is 1. The number of carboxylic acid groups (broad SMARTS) is 1. The molecule has 2 aliphatic heterocycles. The Kier molecular flexibility index (Phi) is 3.73. The zero-order valence-electron chi connectivity index (χ0n) is 14.2. The average molecular weight is 357 g/mol. The molecule has 2 saturated heterocycles. The minimum Gasteiger partial charge on any atom is -0.497 e. The van der Waals surface area contributed by atoms with Gasteiger partial charge in [0.1, 0.15) is 11.2 Å². The Morgan fingerprint density at radius 2 is 2.19 bits per heavy atom. The van der Waals surface area contributed by atoms with E-state index < -0.39 is 17.3 Å². The second kappa shape index (κ2) is 5.84. The number of hydrogen-bond donors (Lipinski definition) is 3. The number of likely N-dealkylation sites (tertiary alicyclic amines) is 1. The van der Waals surface area contributed by atoms with Gasteiger partial charge in [-0.2, -0.15) is 0 Å². The summed E-state index contributed by atoms with van der Waals surface area (Å²) in [7, 11) is 1.58. The molecule has 0 bridgehead atoms. The summed E-state index contributed by atoms with van der Waals surface area (Å²) in [5.41, 5.74) is -0.0800. The molecule has 26 heavy (non-hydrogen) atoms. The number of aromatic amines is 1. The first-order valence-corrected chi connectivity index (χ1v) is 8.36. The lowest BCUT2D eigenvalue weighted by Gasteiger charge is -2.21. The van der Waals surface area contributed by atoms with E-state index in [0.29, 0.717) is 29.9 Å². The number of hydrogen-bond acceptors (Lipinski definition) is 5. The number of benzene rings is 1. The highest BCUT2D eigenvalue weighted by molar-refractivity contribution is 5.92. The number of H-pyrrole nitrogens is 1. The molecule has 0 spiro atoms. The van der Waals surface area contributed by atoms with Crippen LogP contribution in [0.15, 0.2) is 29.1 Å². The third-order valence-electron chi connectivity index (χ3n) is 5.46. The number of pyridine rings is 1. The average Bonchev–Trinajstić information content (AvgIpc) is 3.13. The van der Waals surface area contributed by atoms with Crippen LogP contribution in [0.25, 0.3) is 10.9 Å². The van der Waals surface area contributed by atoms with Gasteiger partial charge < -0.3 is 20.1 Å². The van der Waals surface area contributed by atoms with Crippen LogP contribution >= 0.6 is 0 Å². The number of aromatic nitrogens is 1. The van der Waals surface area contributed by atoms with Crippen LogP contribution in [0.2, 0.25) is 0 Å². The molecule has 2 fully saturated rings. The maximum Gasteiger partial charge on any atom is 0.313 e. The second-order valence-corrected chi connectivity index (χ2v) is 6.98. The fraction of sp³-hybridized carbons (Fsp3) is 0.389. The Morgan fingerprint density at radius 1 is 1.38 bits per heavy atom. The Bertz CT molecular complexity index is 969. The van der Waals surface area contributed by atoms with Gasteiger partial charge in [-0.25, -0.2) is 0 Å². The van der Waals surface area contributed by atoms with Gasteiger partial charge in [0.15, 0.2) is 0 Å². The summed E-state index contributed by atoms with van der Waals surface area (Å²) in [6.07, 6.45) is 0. The van der Waals surface area contributed by atoms with Gasteiger partial charge >= 0.3 is 5.97 Å². The van der Waals surface area contributed by atoms with Crippen molar-refractivity contribution < 1.29 is 19.4 Å². The van der Waals surface area contributed by atoms with E-state index in [-0.39, 0.29) is 24.6 Å². The highest BCUT2D eigenvalue weighted by Gasteiger charge is 2.59. The van der Waals surface area contributed by atoms with Crippen LogP contribution in [0.4, 0.5) is 0 Å². The van der Waals surface area contributed by atoms with Crippen molar-refractivity contribution in [2.45, 2.75) is 6.54 Å². The van der Waals surface area contributed by atoms with E-state index in [2.05, 4.69) is 10.3 Å². The van der Waals surface area contributed by atoms with Crippen molar-refractivity contribution in [1.29, 1.82) is 0 Å². The molecule has 0 aliphatic carbocycles. The van der Waals surface area contributed by atoms with Gasteiger partial charge in [-0.05, 0) is 24.3 Å². The molecule has 8 nitrogen and oxygen atoms in total. The topological polar surface area (TPSA) is 112 Å². The minimum atomic E-state index is -1.11. The van der Waals surface area contributed by atoms with Crippen LogP contribution in [-0.2, 0) is 16.1 Å². The maximum absolute atomic E-state index is 12.4. The SMILES string of the molecule is COc1ccc2[nH]c(=O)c(CN3C[C@@H]4C(=O)NC[C@]4(C(=O)O)C3)cc2c1. The Labute approximate surface area is 148 Å². The molecule has 0 unspecified atom stereocenters. The summed E-state index contributed by atoms with van der Waals surface area (Å²) in [6.45, 7) is 0.990. The van der Waals surface area contributed by atoms with Crippen LogP contribution in [-0.4, -0.2) is 53.6 Å². The molecule has 2 aliphatic rings. The number of aliphatic carboxylic acids is 1. The van der Waals surface area contributed by atoms with Gasteiger partial charge in [0.05, 0.1) is 13.0 Å². The predicted octanol–water partition coefficient (Wildman–Crippen LogP) is 0.169. The number of carboxylic acids is 1. The number of nitrogens with zero attached hydrogens (tertiary/aromatic N) is 1. The van der Waals surface area contributed by atoms with Crippen molar-refractivity contribution in [3.05, 3.63) is 40.2 Å². The molecule has 2 atom stereocenters. The van der Waals surface area contributed by atoms with Gasteiger partial charge in [-0.3, -0.25) is 19.3 Å². The molecule has 3 N–H and O–H groups in total. The molecule has 2 aromatic rings. The van der Waals surface area contributed by atoms with E-state index in [4.69, 9.17) is 4.74 Å². The first kappa shape index (κ1) is 16.6. The Hall–Kier alpha value is -2.87. The Balaban J connectivity index is 1.64. The van der Waals surface area contributed by atoms with Crippen LogP contribution in [0.3, 0.4) is 0 Å². The molecule has 0 saturated carbocycles. The molecule has 0 radical (unpaired) electrons. The van der Waals surface area contributed by atoms with E-state index in [9.17, 15) is 19.5 Å². The number of carbonyl (C=O) groups excluding carboxylic acids is 1. The standard InChI is InChI=1S/C18H19N3O5/c1-26-12-2-3-14-10(5-12)4-11(15(22)20-14)6-21-7-13-16(23)19-8-18(13,9-21)17(24)25/h2-5,13H,6-9H2,1H3,(H,19,23)(H,20,22)(H,24,25)/t13-,18+/m1/s1. The van der Waals surface area contributed by atoms with E-state index in [1.807, 2.05) is 11.0 Å². The molecule has 1 aromatic heterocycles. The fourth-order valence-corrected chi connectivity index (χ4v) is 4.02. The van der Waals surface area contributed by atoms with Crippen LogP contribution in [0.1, 0.15) is 5.56 Å². The summed E-state index contributed by atoms with van der Waals surface area (Å²) in [5.74, 6) is -1.10. The quantitative estimate of drug-likeness (QED) is 0.719. The van der Waals surface area contributed by atoms with Crippen molar-refractivity contribution in [1.82, 2.24) is 15.2 Å². The van der Waals surface area contributed by atoms with Gasteiger partial charge in [0.25, 0.3) is 5.56 Å². The molecule has 3 heterocycles. The number of carbonyl (C=O) groups is 2. The lowest BCUT2D eigenvalue weighted by Crippen LogP contribution is -2.40. The monoisotopic (exact) mass is 357 g/mol. The molecule has 136 valence electrons. The zero-order chi connectivity index (χ0) is 18.5. The number of methoxy groups -OCH3 is 1. The minimum absolute atomic E-state index is 0.133. The van der Waals surface area contributed by atoms with Crippen molar-refractivity contribution >= 4 is 22.8 Å². The van der Waals surface area contributed by atoms with Gasteiger partial charge in [-0.15, -0.1) is 0 Å². The van der Waals surface area contributed by atoms with Crippen LogP contribution in [0, 0.1) is 11.3 Å². The number of amides is 1. The summed E-state index contributed by atoms with van der Waals surface area (Å²) < 4.78 is 5.22. The van der Waals surface area contributed by atoms with Crippen LogP contribution < -0.4 is 15.6 Å². The first-order chi connectivity index (χ1) is 12.4. The first-order valence-electron chi connectivity index (χ1n) is 8.36. The number of rotatable bonds is 4. The van der Waals surface area contributed by atoms with E-state index in [1.54, 1.807) is 25.3 Å². The summed E-state index contributed by atoms with van der Waals surface area (Å²) in [4.78, 5) is 40.9. The predicted molar refractivity (Wildman–Crippen MR) is 93.0 cm³/mol. The third kappa shape index (κ3) is 2.45. The van der Waals surface area contributed by atoms with Gasteiger partial charge in [0, 0.05) is 42.6 Å². The maximum atomic E-state index is 12.4. The highest BCUT2D eigenvalue weighted by Crippen LogP contribution is 2.40. The molecule has 8 heteroatoms. The molecular weight excluding hydrogens is 338 g/mol. The van der Waals surface area contributed by atoms with E-state index >= 15 is 0 Å². The molecular formula is C18H19N3O5. The van der Waals surface area contributed by atoms with Crippen LogP contribution in [0.5, 0.6) is 5.75 Å². The van der Waals surface area contributed by atoms with Gasteiger partial charge in [0.2, 0.25) is 5.91 Å². The zero-order valence-corrected chi connectivity index (χ0v) is 14.2. The number of fused-ring (bicyclic) bond motifs is 2. The smallest absolute Gasteiger partial charge is 0.313 e. The normalized spacial score (nSPS) is 25.3. The third-order valence-corrected chi connectivity index (χ3v) is 5.46. The van der Waals surface area contributed by atoms with Crippen molar-refractivity contribution in [2.75, 3.05) is 26.7 Å². The number of nitrogens with one attached hydrogen (secondary N) is 2. The van der Waals surface area contributed by atoms with E-state index in [1.165, 1.54) is 0 Å². The highest BCUT2D eigenvalue weighted by atomic mass is 16.5. The van der Waals surface area contributed by atoms with Crippen molar-refractivity contribution in [3.63, 3.8) is 0 Å². The summed E-state index contributed by atoms with van der Waals surface area (Å²) in [6, 6.07) is 7.18. The van der Waals surface area contributed by atoms with Crippen molar-refractivity contribution in [3.8, 4) is 5.75 Å².